The molecule has 44 heavy (non-hydrogen) atoms. The molecule has 3 N–H and O–H groups in total. The lowest BCUT2D eigenvalue weighted by Gasteiger charge is -2.43. The van der Waals surface area contributed by atoms with Crippen molar-refractivity contribution in [2.75, 3.05) is 11.9 Å². The Hall–Kier alpha value is -4.49. The minimum absolute atomic E-state index is 0.0237. The standard InChI is InChI=1S/C30H32ClN5O8/c1-17(37)32-21-10-9-19(14-20(21)31)27(40)33-22-11-12-25(38)35-13-5-8-24(36(35)29(22)42)28(41)34-23-15-26(39)44-30(23)43-16-18-6-3-2-4-7-18/h2-4,6-7,9-10,14,22-24,30H,5,8,11-13,15-16H2,1H3,(H,32,37)(H,33,40)(H,34,41)/t22?,23-,24-,30?/m0/s1. The molecule has 5 amide bonds. The van der Waals surface area contributed by atoms with Crippen LogP contribution in [0, 0.1) is 0 Å². The SMILES string of the molecule is CC(=O)Nc1ccc(C(=O)NC2CCC(=O)N3CCC[C@@H](C(=O)N[C@H]4CC(=O)OC4OCc4ccccc4)N3C2=O)cc1Cl. The van der Waals surface area contributed by atoms with Gasteiger partial charge in [0.2, 0.25) is 24.0 Å². The summed E-state index contributed by atoms with van der Waals surface area (Å²) in [5.41, 5.74) is 1.33. The quantitative estimate of drug-likeness (QED) is 0.375. The number of nitrogens with one attached hydrogen (secondary N) is 3. The van der Waals surface area contributed by atoms with Gasteiger partial charge in [0.15, 0.2) is 0 Å². The van der Waals surface area contributed by atoms with Crippen LogP contribution in [0.25, 0.3) is 0 Å². The van der Waals surface area contributed by atoms with Crippen LogP contribution in [-0.4, -0.2) is 76.5 Å². The number of hydrogen-bond donors (Lipinski definition) is 3. The number of ether oxygens (including phenoxy) is 2. The maximum atomic E-state index is 13.8. The first-order valence-corrected chi connectivity index (χ1v) is 14.6. The van der Waals surface area contributed by atoms with E-state index in [-0.39, 0.29) is 61.2 Å². The van der Waals surface area contributed by atoms with Gasteiger partial charge in [-0.05, 0) is 43.0 Å². The van der Waals surface area contributed by atoms with Gasteiger partial charge >= 0.3 is 5.97 Å². The first-order chi connectivity index (χ1) is 21.1. The van der Waals surface area contributed by atoms with E-state index in [0.29, 0.717) is 12.1 Å². The summed E-state index contributed by atoms with van der Waals surface area (Å²) in [6.45, 7) is 1.72. The van der Waals surface area contributed by atoms with Crippen molar-refractivity contribution in [3.8, 4) is 0 Å². The predicted molar refractivity (Wildman–Crippen MR) is 155 cm³/mol. The number of amides is 5. The van der Waals surface area contributed by atoms with Gasteiger partial charge in [0.1, 0.15) is 18.1 Å². The topological polar surface area (TPSA) is 163 Å². The molecule has 4 atom stereocenters. The largest absolute Gasteiger partial charge is 0.433 e. The highest BCUT2D eigenvalue weighted by atomic mass is 35.5. The van der Waals surface area contributed by atoms with Crippen LogP contribution < -0.4 is 16.0 Å². The molecule has 5 rings (SSSR count). The minimum atomic E-state index is -1.10. The Labute approximate surface area is 258 Å². The van der Waals surface area contributed by atoms with Crippen LogP contribution >= 0.6 is 11.6 Å². The molecule has 0 spiro atoms. The van der Waals surface area contributed by atoms with Gasteiger partial charge in [-0.2, -0.15) is 0 Å². The van der Waals surface area contributed by atoms with Gasteiger partial charge in [0.05, 0.1) is 23.7 Å². The maximum Gasteiger partial charge on any atom is 0.310 e. The summed E-state index contributed by atoms with van der Waals surface area (Å²) >= 11 is 6.21. The van der Waals surface area contributed by atoms with Gasteiger partial charge in [0, 0.05) is 25.5 Å². The number of carbonyl (C=O) groups excluding carboxylic acids is 6. The lowest BCUT2D eigenvalue weighted by Crippen LogP contribution is -2.64. The lowest BCUT2D eigenvalue weighted by molar-refractivity contribution is -0.177. The highest BCUT2D eigenvalue weighted by molar-refractivity contribution is 6.34. The molecule has 3 aliphatic rings. The second-order valence-corrected chi connectivity index (χ2v) is 11.2. The smallest absolute Gasteiger partial charge is 0.310 e. The van der Waals surface area contributed by atoms with Crippen molar-refractivity contribution in [2.24, 2.45) is 0 Å². The van der Waals surface area contributed by atoms with E-state index in [0.717, 1.165) is 10.6 Å². The molecule has 0 radical (unpaired) electrons. The number of rotatable bonds is 8. The number of cyclic esters (lactones) is 1. The van der Waals surface area contributed by atoms with E-state index in [9.17, 15) is 28.8 Å². The fourth-order valence-corrected chi connectivity index (χ4v) is 5.66. The van der Waals surface area contributed by atoms with Crippen LogP contribution in [0.5, 0.6) is 0 Å². The summed E-state index contributed by atoms with van der Waals surface area (Å²) in [5.74, 6) is -3.00. The van der Waals surface area contributed by atoms with Crippen molar-refractivity contribution in [3.63, 3.8) is 0 Å². The summed E-state index contributed by atoms with van der Waals surface area (Å²) in [6, 6.07) is 10.6. The van der Waals surface area contributed by atoms with Gasteiger partial charge in [-0.15, -0.1) is 0 Å². The number of nitrogens with zero attached hydrogens (tertiary/aromatic N) is 2. The molecular formula is C30H32ClN5O8. The number of hydrogen-bond acceptors (Lipinski definition) is 8. The molecule has 3 saturated heterocycles. The number of carbonyl (C=O) groups is 6. The summed E-state index contributed by atoms with van der Waals surface area (Å²) in [6.07, 6.45) is -0.399. The highest BCUT2D eigenvalue weighted by Crippen LogP contribution is 2.27. The molecule has 232 valence electrons. The second kappa shape index (κ2) is 13.4. The van der Waals surface area contributed by atoms with Gasteiger partial charge < -0.3 is 25.4 Å². The fraction of sp³-hybridized carbons (Fsp3) is 0.400. The zero-order chi connectivity index (χ0) is 31.4. The molecule has 3 heterocycles. The Kier molecular flexibility index (Phi) is 9.45. The number of halogens is 1. The Balaban J connectivity index is 1.28. The van der Waals surface area contributed by atoms with E-state index < -0.39 is 48.1 Å². The zero-order valence-corrected chi connectivity index (χ0v) is 24.7. The minimum Gasteiger partial charge on any atom is -0.433 e. The van der Waals surface area contributed by atoms with E-state index in [1.165, 1.54) is 30.1 Å². The zero-order valence-electron chi connectivity index (χ0n) is 23.9. The molecule has 3 fully saturated rings. The first kappa shape index (κ1) is 31.0. The van der Waals surface area contributed by atoms with E-state index in [2.05, 4.69) is 16.0 Å². The summed E-state index contributed by atoms with van der Waals surface area (Å²) in [4.78, 5) is 77.1. The van der Waals surface area contributed by atoms with Gasteiger partial charge in [-0.3, -0.25) is 33.8 Å². The summed E-state index contributed by atoms with van der Waals surface area (Å²) in [7, 11) is 0. The lowest BCUT2D eigenvalue weighted by atomic mass is 10.0. The van der Waals surface area contributed by atoms with Gasteiger partial charge in [0.25, 0.3) is 11.8 Å². The van der Waals surface area contributed by atoms with Gasteiger partial charge in [-0.1, -0.05) is 41.9 Å². The molecule has 0 aromatic heterocycles. The molecule has 13 nitrogen and oxygen atoms in total. The maximum absolute atomic E-state index is 13.8. The normalized spacial score (nSPS) is 23.4. The average Bonchev–Trinajstić information content (AvgIpc) is 3.30. The summed E-state index contributed by atoms with van der Waals surface area (Å²) in [5, 5.41) is 10.5. The molecule has 3 aliphatic heterocycles. The van der Waals surface area contributed by atoms with Crippen LogP contribution in [0.4, 0.5) is 5.69 Å². The number of anilines is 1. The van der Waals surface area contributed by atoms with Crippen molar-refractivity contribution in [2.45, 2.75) is 70.1 Å². The van der Waals surface area contributed by atoms with Crippen molar-refractivity contribution in [1.82, 2.24) is 20.7 Å². The highest BCUT2D eigenvalue weighted by Gasteiger charge is 2.46. The third-order valence-electron chi connectivity index (χ3n) is 7.56. The predicted octanol–water partition coefficient (Wildman–Crippen LogP) is 1.90. The Bertz CT molecular complexity index is 1470. The number of esters is 1. The number of fused-ring (bicyclic) bond motifs is 1. The van der Waals surface area contributed by atoms with E-state index in [4.69, 9.17) is 21.1 Å². The van der Waals surface area contributed by atoms with E-state index >= 15 is 0 Å². The number of benzene rings is 2. The average molecular weight is 626 g/mol. The second-order valence-electron chi connectivity index (χ2n) is 10.8. The van der Waals surface area contributed by atoms with Crippen molar-refractivity contribution >= 4 is 52.8 Å². The molecular weight excluding hydrogens is 594 g/mol. The number of hydrazine groups is 1. The molecule has 0 aliphatic carbocycles. The monoisotopic (exact) mass is 625 g/mol. The molecule has 0 saturated carbocycles. The molecule has 2 unspecified atom stereocenters. The van der Waals surface area contributed by atoms with Crippen LogP contribution in [0.2, 0.25) is 5.02 Å². The molecule has 2 aromatic rings. The van der Waals surface area contributed by atoms with Gasteiger partial charge in [-0.25, -0.2) is 5.01 Å². The third kappa shape index (κ3) is 7.00. The van der Waals surface area contributed by atoms with Crippen LogP contribution in [-0.2, 0) is 40.1 Å². The molecule has 0 bridgehead atoms. The molecule has 14 heteroatoms. The fourth-order valence-electron chi connectivity index (χ4n) is 5.43. The van der Waals surface area contributed by atoms with E-state index in [1.54, 1.807) is 0 Å². The third-order valence-corrected chi connectivity index (χ3v) is 7.87. The molecule has 2 aromatic carbocycles. The summed E-state index contributed by atoms with van der Waals surface area (Å²) < 4.78 is 11.1. The van der Waals surface area contributed by atoms with E-state index in [1.807, 2.05) is 30.3 Å². The van der Waals surface area contributed by atoms with Crippen LogP contribution in [0.15, 0.2) is 48.5 Å². The van der Waals surface area contributed by atoms with Crippen LogP contribution in [0.3, 0.4) is 0 Å². The Morgan fingerprint density at radius 1 is 1.05 bits per heavy atom. The van der Waals surface area contributed by atoms with Crippen molar-refractivity contribution in [3.05, 3.63) is 64.7 Å². The van der Waals surface area contributed by atoms with Crippen LogP contribution in [0.1, 0.15) is 54.9 Å². The van der Waals surface area contributed by atoms with Crippen molar-refractivity contribution in [1.29, 1.82) is 0 Å². The Morgan fingerprint density at radius 2 is 1.82 bits per heavy atom. The Morgan fingerprint density at radius 3 is 2.55 bits per heavy atom. The van der Waals surface area contributed by atoms with Crippen molar-refractivity contribution < 1.29 is 38.2 Å². The first-order valence-electron chi connectivity index (χ1n) is 14.3.